The maximum Gasteiger partial charge on any atom is 0.335 e. The zero-order valence-corrected chi connectivity index (χ0v) is 15.3. The van der Waals surface area contributed by atoms with Crippen molar-refractivity contribution in [1.29, 1.82) is 0 Å². The number of nitrogens with one attached hydrogen (secondary N) is 2. The molecule has 0 bridgehead atoms. The Morgan fingerprint density at radius 3 is 2.14 bits per heavy atom. The van der Waals surface area contributed by atoms with Gasteiger partial charge in [0.15, 0.2) is 0 Å². The first-order valence-electron chi connectivity index (χ1n) is 8.80. The van der Waals surface area contributed by atoms with Crippen LogP contribution in [0.15, 0.2) is 84.9 Å². The molecule has 29 heavy (non-hydrogen) atoms. The lowest BCUT2D eigenvalue weighted by atomic mass is 10.1. The maximum absolute atomic E-state index is 12.3. The highest BCUT2D eigenvalue weighted by Crippen LogP contribution is 2.14. The van der Waals surface area contributed by atoms with Crippen LogP contribution in [0.4, 0.5) is 11.4 Å². The normalized spacial score (nSPS) is 10.5. The minimum absolute atomic E-state index is 0.0874. The minimum Gasteiger partial charge on any atom is -0.478 e. The molecule has 0 radical (unpaired) electrons. The number of carbonyl (C=O) groups excluding carboxylic acids is 2. The van der Waals surface area contributed by atoms with Crippen molar-refractivity contribution in [2.75, 3.05) is 10.6 Å². The van der Waals surface area contributed by atoms with E-state index in [1.165, 1.54) is 18.2 Å². The number of carbonyl (C=O) groups is 3. The van der Waals surface area contributed by atoms with E-state index in [2.05, 4.69) is 10.6 Å². The molecule has 144 valence electrons. The third kappa shape index (κ3) is 5.64. The summed E-state index contributed by atoms with van der Waals surface area (Å²) >= 11 is 0. The molecule has 0 fully saturated rings. The fourth-order valence-corrected chi connectivity index (χ4v) is 2.56. The molecule has 0 aromatic heterocycles. The van der Waals surface area contributed by atoms with E-state index in [0.717, 1.165) is 5.56 Å². The molecule has 0 unspecified atom stereocenters. The first-order valence-corrected chi connectivity index (χ1v) is 8.80. The SMILES string of the molecule is O=C(/C=C/c1ccccc1)Nc1ccc(C(=O)Nc2cccc(C(=O)O)c2)cc1. The predicted molar refractivity (Wildman–Crippen MR) is 112 cm³/mol. The number of carboxylic acids is 1. The Labute approximate surface area is 167 Å². The fourth-order valence-electron chi connectivity index (χ4n) is 2.56. The molecule has 0 atom stereocenters. The Morgan fingerprint density at radius 2 is 1.45 bits per heavy atom. The molecule has 0 saturated carbocycles. The maximum atomic E-state index is 12.3. The largest absolute Gasteiger partial charge is 0.478 e. The second kappa shape index (κ2) is 9.14. The Balaban J connectivity index is 1.60. The van der Waals surface area contributed by atoms with Crippen LogP contribution in [0.3, 0.4) is 0 Å². The third-order valence-electron chi connectivity index (χ3n) is 4.01. The molecule has 3 aromatic carbocycles. The van der Waals surface area contributed by atoms with Crippen molar-refractivity contribution in [1.82, 2.24) is 0 Å². The molecule has 6 heteroatoms. The van der Waals surface area contributed by atoms with Gasteiger partial charge in [0.25, 0.3) is 5.91 Å². The quantitative estimate of drug-likeness (QED) is 0.551. The molecule has 3 rings (SSSR count). The number of hydrogen-bond acceptors (Lipinski definition) is 3. The standard InChI is InChI=1S/C23H18N2O4/c26-21(14-9-16-5-2-1-3-6-16)24-19-12-10-17(11-13-19)22(27)25-20-8-4-7-18(15-20)23(28)29/h1-15H,(H,24,26)(H,25,27)(H,28,29)/b14-9+. The highest BCUT2D eigenvalue weighted by molar-refractivity contribution is 6.06. The van der Waals surface area contributed by atoms with E-state index in [4.69, 9.17) is 5.11 Å². The number of aromatic carboxylic acids is 1. The van der Waals surface area contributed by atoms with E-state index in [9.17, 15) is 14.4 Å². The minimum atomic E-state index is -1.07. The summed E-state index contributed by atoms with van der Waals surface area (Å²) in [7, 11) is 0. The van der Waals surface area contributed by atoms with Crippen molar-refractivity contribution in [3.05, 3.63) is 102 Å². The van der Waals surface area contributed by atoms with Crippen molar-refractivity contribution in [3.8, 4) is 0 Å². The smallest absolute Gasteiger partial charge is 0.335 e. The highest BCUT2D eigenvalue weighted by Gasteiger charge is 2.09. The van der Waals surface area contributed by atoms with Crippen molar-refractivity contribution < 1.29 is 19.5 Å². The van der Waals surface area contributed by atoms with Crippen molar-refractivity contribution in [3.63, 3.8) is 0 Å². The van der Waals surface area contributed by atoms with Gasteiger partial charge in [0.1, 0.15) is 0 Å². The van der Waals surface area contributed by atoms with E-state index in [0.29, 0.717) is 16.9 Å². The summed E-state index contributed by atoms with van der Waals surface area (Å²) in [5.74, 6) is -1.73. The molecule has 0 spiro atoms. The van der Waals surface area contributed by atoms with Crippen LogP contribution < -0.4 is 10.6 Å². The average Bonchev–Trinajstić information content (AvgIpc) is 2.73. The Bertz CT molecular complexity index is 1060. The summed E-state index contributed by atoms with van der Waals surface area (Å²) in [6.07, 6.45) is 3.15. The zero-order chi connectivity index (χ0) is 20.6. The number of rotatable bonds is 6. The van der Waals surface area contributed by atoms with Crippen LogP contribution >= 0.6 is 0 Å². The fraction of sp³-hybridized carbons (Fsp3) is 0. The van der Waals surface area contributed by atoms with Gasteiger partial charge in [0.05, 0.1) is 5.56 Å². The van der Waals surface area contributed by atoms with Gasteiger partial charge in [-0.2, -0.15) is 0 Å². The summed E-state index contributed by atoms with van der Waals surface area (Å²) in [5.41, 5.74) is 2.32. The summed E-state index contributed by atoms with van der Waals surface area (Å²) < 4.78 is 0. The summed E-state index contributed by atoms with van der Waals surface area (Å²) in [4.78, 5) is 35.3. The summed E-state index contributed by atoms with van der Waals surface area (Å²) in [6.45, 7) is 0. The lowest BCUT2D eigenvalue weighted by Crippen LogP contribution is -2.13. The van der Waals surface area contributed by atoms with Gasteiger partial charge in [0.2, 0.25) is 5.91 Å². The number of anilines is 2. The highest BCUT2D eigenvalue weighted by atomic mass is 16.4. The Morgan fingerprint density at radius 1 is 0.724 bits per heavy atom. The van der Waals surface area contributed by atoms with Crippen molar-refractivity contribution in [2.24, 2.45) is 0 Å². The van der Waals surface area contributed by atoms with Crippen LogP contribution in [0, 0.1) is 0 Å². The van der Waals surface area contributed by atoms with E-state index in [1.54, 1.807) is 42.5 Å². The van der Waals surface area contributed by atoms with Crippen LogP contribution in [0.2, 0.25) is 0 Å². The van der Waals surface area contributed by atoms with Gasteiger partial charge in [-0.1, -0.05) is 36.4 Å². The van der Waals surface area contributed by atoms with Crippen molar-refractivity contribution in [2.45, 2.75) is 0 Å². The van der Waals surface area contributed by atoms with Gasteiger partial charge in [-0.05, 0) is 54.1 Å². The van der Waals surface area contributed by atoms with E-state index < -0.39 is 5.97 Å². The third-order valence-corrected chi connectivity index (χ3v) is 4.01. The zero-order valence-electron chi connectivity index (χ0n) is 15.3. The van der Waals surface area contributed by atoms with Gasteiger partial charge in [-0.25, -0.2) is 4.79 Å². The molecular weight excluding hydrogens is 368 g/mol. The molecule has 0 heterocycles. The molecule has 0 aliphatic carbocycles. The monoisotopic (exact) mass is 386 g/mol. The second-order valence-corrected chi connectivity index (χ2v) is 6.15. The van der Waals surface area contributed by atoms with Crippen LogP contribution in [-0.2, 0) is 4.79 Å². The Hall–Kier alpha value is -4.19. The summed E-state index contributed by atoms with van der Waals surface area (Å²) in [6, 6.07) is 21.9. The van der Waals surface area contributed by atoms with Crippen molar-refractivity contribution >= 4 is 35.2 Å². The lowest BCUT2D eigenvalue weighted by Gasteiger charge is -2.07. The first kappa shape index (κ1) is 19.6. The van der Waals surface area contributed by atoms with Gasteiger partial charge in [0, 0.05) is 23.0 Å². The molecule has 0 aliphatic rings. The number of benzene rings is 3. The van der Waals surface area contributed by atoms with Crippen LogP contribution in [0.25, 0.3) is 6.08 Å². The summed E-state index contributed by atoms with van der Waals surface area (Å²) in [5, 5.41) is 14.4. The van der Waals surface area contributed by atoms with Gasteiger partial charge in [-0.3, -0.25) is 9.59 Å². The van der Waals surface area contributed by atoms with E-state index in [1.807, 2.05) is 30.3 Å². The molecule has 0 aliphatic heterocycles. The van der Waals surface area contributed by atoms with E-state index >= 15 is 0 Å². The predicted octanol–water partition coefficient (Wildman–Crippen LogP) is 4.29. The molecule has 0 saturated heterocycles. The lowest BCUT2D eigenvalue weighted by molar-refractivity contribution is -0.111. The first-order chi connectivity index (χ1) is 14.0. The number of carboxylic acid groups (broad SMARTS) is 1. The van der Waals surface area contributed by atoms with Crippen LogP contribution in [-0.4, -0.2) is 22.9 Å². The van der Waals surface area contributed by atoms with Gasteiger partial charge < -0.3 is 15.7 Å². The molecular formula is C23H18N2O4. The van der Waals surface area contributed by atoms with Gasteiger partial charge >= 0.3 is 5.97 Å². The van der Waals surface area contributed by atoms with Crippen LogP contribution in [0.5, 0.6) is 0 Å². The number of hydrogen-bond donors (Lipinski definition) is 3. The average molecular weight is 386 g/mol. The van der Waals surface area contributed by atoms with Gasteiger partial charge in [-0.15, -0.1) is 0 Å². The Kier molecular flexibility index (Phi) is 6.17. The molecule has 3 aromatic rings. The number of amides is 2. The molecule has 3 N–H and O–H groups in total. The second-order valence-electron chi connectivity index (χ2n) is 6.15. The topological polar surface area (TPSA) is 95.5 Å². The van der Waals surface area contributed by atoms with Crippen LogP contribution in [0.1, 0.15) is 26.3 Å². The van der Waals surface area contributed by atoms with E-state index in [-0.39, 0.29) is 17.4 Å². The molecule has 2 amide bonds. The molecule has 6 nitrogen and oxygen atoms in total.